The molecule has 4 aromatic rings. The van der Waals surface area contributed by atoms with Gasteiger partial charge in [-0.2, -0.15) is 0 Å². The van der Waals surface area contributed by atoms with Gasteiger partial charge in [0.05, 0.1) is 22.2 Å². The number of hydrogen-bond donors (Lipinski definition) is 2. The van der Waals surface area contributed by atoms with E-state index in [0.717, 1.165) is 5.52 Å². The number of imidazole rings is 1. The molecule has 7 heteroatoms. The molecule has 0 aliphatic rings. The van der Waals surface area contributed by atoms with Gasteiger partial charge in [0.2, 0.25) is 0 Å². The maximum atomic E-state index is 12.8. The molecule has 0 amide bonds. The number of rotatable bonds is 3. The van der Waals surface area contributed by atoms with E-state index in [1.165, 1.54) is 23.5 Å². The Bertz CT molecular complexity index is 1210. The van der Waals surface area contributed by atoms with Gasteiger partial charge in [0.1, 0.15) is 5.75 Å². The van der Waals surface area contributed by atoms with Crippen molar-refractivity contribution in [3.63, 3.8) is 0 Å². The Morgan fingerprint density at radius 1 is 1.20 bits per heavy atom. The van der Waals surface area contributed by atoms with Gasteiger partial charge in [0.15, 0.2) is 16.5 Å². The molecular weight excluding hydrogens is 340 g/mol. The van der Waals surface area contributed by atoms with E-state index in [-0.39, 0.29) is 17.1 Å². The number of ether oxygens (including phenoxy) is 1. The number of thiazole rings is 1. The third-order valence-electron chi connectivity index (χ3n) is 3.82. The molecule has 0 aliphatic heterocycles. The SMILES string of the molecule is CCOc1ccc2nc3s/c(=C\c4ccc(O)c(O)c4)c(=O)n3c2c1. The lowest BCUT2D eigenvalue weighted by atomic mass is 10.2. The predicted octanol–water partition coefficient (Wildman–Crippen LogP) is 2.27. The largest absolute Gasteiger partial charge is 0.504 e. The average molecular weight is 354 g/mol. The summed E-state index contributed by atoms with van der Waals surface area (Å²) < 4.78 is 7.56. The van der Waals surface area contributed by atoms with Gasteiger partial charge in [-0.1, -0.05) is 17.4 Å². The van der Waals surface area contributed by atoms with E-state index >= 15 is 0 Å². The summed E-state index contributed by atoms with van der Waals surface area (Å²) in [5, 5.41) is 19.0. The zero-order valence-electron chi connectivity index (χ0n) is 13.3. The maximum absolute atomic E-state index is 12.8. The van der Waals surface area contributed by atoms with Crippen molar-refractivity contribution in [1.29, 1.82) is 0 Å². The van der Waals surface area contributed by atoms with Crippen molar-refractivity contribution in [3.05, 3.63) is 56.8 Å². The molecule has 0 spiro atoms. The van der Waals surface area contributed by atoms with Crippen LogP contribution in [-0.4, -0.2) is 26.2 Å². The van der Waals surface area contributed by atoms with E-state index < -0.39 is 0 Å². The van der Waals surface area contributed by atoms with E-state index in [0.29, 0.717) is 32.9 Å². The van der Waals surface area contributed by atoms with Crippen LogP contribution in [0.3, 0.4) is 0 Å². The Balaban J connectivity index is 1.92. The lowest BCUT2D eigenvalue weighted by Crippen LogP contribution is -2.22. The molecule has 0 aliphatic carbocycles. The summed E-state index contributed by atoms with van der Waals surface area (Å²) >= 11 is 1.27. The summed E-state index contributed by atoms with van der Waals surface area (Å²) in [6.45, 7) is 2.45. The van der Waals surface area contributed by atoms with E-state index in [9.17, 15) is 15.0 Å². The minimum absolute atomic E-state index is 0.177. The molecule has 0 saturated carbocycles. The van der Waals surface area contributed by atoms with E-state index in [1.807, 2.05) is 25.1 Å². The van der Waals surface area contributed by atoms with E-state index in [1.54, 1.807) is 16.5 Å². The number of phenolic OH excluding ortho intramolecular Hbond substituents is 2. The third-order valence-corrected chi connectivity index (χ3v) is 4.79. The molecule has 2 N–H and O–H groups in total. The topological polar surface area (TPSA) is 84.1 Å². The van der Waals surface area contributed by atoms with Crippen molar-refractivity contribution in [2.75, 3.05) is 6.61 Å². The summed E-state index contributed by atoms with van der Waals surface area (Å²) in [6, 6.07) is 9.89. The lowest BCUT2D eigenvalue weighted by molar-refractivity contribution is 0.340. The molecule has 2 aromatic carbocycles. The fourth-order valence-corrected chi connectivity index (χ4v) is 3.67. The van der Waals surface area contributed by atoms with Crippen LogP contribution in [0.15, 0.2) is 41.2 Å². The highest BCUT2D eigenvalue weighted by molar-refractivity contribution is 7.15. The van der Waals surface area contributed by atoms with Crippen LogP contribution in [0.2, 0.25) is 0 Å². The second kappa shape index (κ2) is 5.78. The summed E-state index contributed by atoms with van der Waals surface area (Å²) in [6.07, 6.45) is 1.67. The lowest BCUT2D eigenvalue weighted by Gasteiger charge is -2.01. The van der Waals surface area contributed by atoms with Crippen molar-refractivity contribution in [3.8, 4) is 17.2 Å². The Kier molecular flexibility index (Phi) is 3.58. The molecule has 0 radical (unpaired) electrons. The van der Waals surface area contributed by atoms with E-state index in [4.69, 9.17) is 4.74 Å². The summed E-state index contributed by atoms with van der Waals surface area (Å²) in [4.78, 5) is 17.9. The van der Waals surface area contributed by atoms with Gasteiger partial charge in [-0.15, -0.1) is 0 Å². The average Bonchev–Trinajstić information content (AvgIpc) is 3.08. The first kappa shape index (κ1) is 15.5. The quantitative estimate of drug-likeness (QED) is 0.552. The highest BCUT2D eigenvalue weighted by Crippen LogP contribution is 2.25. The van der Waals surface area contributed by atoms with Gasteiger partial charge in [-0.05, 0) is 42.8 Å². The Hall–Kier alpha value is -3.06. The van der Waals surface area contributed by atoms with Crippen LogP contribution in [0, 0.1) is 0 Å². The molecule has 0 unspecified atom stereocenters. The minimum Gasteiger partial charge on any atom is -0.504 e. The molecule has 0 atom stereocenters. The maximum Gasteiger partial charge on any atom is 0.274 e. The summed E-state index contributed by atoms with van der Waals surface area (Å²) in [7, 11) is 0. The highest BCUT2D eigenvalue weighted by Gasteiger charge is 2.12. The Labute approximate surface area is 145 Å². The van der Waals surface area contributed by atoms with Gasteiger partial charge in [0, 0.05) is 6.07 Å². The molecule has 4 rings (SSSR count). The zero-order chi connectivity index (χ0) is 17.6. The van der Waals surface area contributed by atoms with Crippen LogP contribution < -0.4 is 14.8 Å². The van der Waals surface area contributed by atoms with Crippen LogP contribution in [0.4, 0.5) is 0 Å². The van der Waals surface area contributed by atoms with E-state index in [2.05, 4.69) is 4.98 Å². The first-order chi connectivity index (χ1) is 12.1. The van der Waals surface area contributed by atoms with Crippen molar-refractivity contribution >= 4 is 33.4 Å². The molecule has 6 nitrogen and oxygen atoms in total. The number of aromatic hydroxyl groups is 2. The molecular formula is C18H14N2O4S. The Morgan fingerprint density at radius 2 is 2.04 bits per heavy atom. The molecule has 25 heavy (non-hydrogen) atoms. The van der Waals surface area contributed by atoms with Crippen LogP contribution in [0.25, 0.3) is 22.1 Å². The fourth-order valence-electron chi connectivity index (χ4n) is 2.68. The first-order valence-corrected chi connectivity index (χ1v) is 8.50. The van der Waals surface area contributed by atoms with Gasteiger partial charge < -0.3 is 14.9 Å². The second-order valence-corrected chi connectivity index (χ2v) is 6.49. The van der Waals surface area contributed by atoms with Crippen LogP contribution in [0.1, 0.15) is 12.5 Å². The zero-order valence-corrected chi connectivity index (χ0v) is 14.1. The molecule has 126 valence electrons. The number of fused-ring (bicyclic) bond motifs is 3. The molecule has 2 heterocycles. The van der Waals surface area contributed by atoms with Crippen LogP contribution in [0.5, 0.6) is 17.2 Å². The van der Waals surface area contributed by atoms with Crippen molar-refractivity contribution in [2.24, 2.45) is 0 Å². The number of hydrogen-bond acceptors (Lipinski definition) is 6. The molecule has 0 saturated heterocycles. The first-order valence-electron chi connectivity index (χ1n) is 7.68. The standard InChI is InChI=1S/C18H14N2O4S/c1-2-24-11-4-5-12-13(9-11)20-17(23)16(25-18(20)19-12)8-10-3-6-14(21)15(22)7-10/h3-9,21-22H,2H2,1H3/b16-8-. The summed E-state index contributed by atoms with van der Waals surface area (Å²) in [5.41, 5.74) is 1.89. The summed E-state index contributed by atoms with van der Waals surface area (Å²) in [5.74, 6) is 0.264. The highest BCUT2D eigenvalue weighted by atomic mass is 32.1. The molecule has 0 fully saturated rings. The Morgan fingerprint density at radius 3 is 2.80 bits per heavy atom. The van der Waals surface area contributed by atoms with Gasteiger partial charge >= 0.3 is 0 Å². The van der Waals surface area contributed by atoms with Crippen molar-refractivity contribution in [2.45, 2.75) is 6.92 Å². The smallest absolute Gasteiger partial charge is 0.274 e. The monoisotopic (exact) mass is 354 g/mol. The normalized spacial score (nSPS) is 12.3. The third kappa shape index (κ3) is 2.58. The number of benzene rings is 2. The number of nitrogens with zero attached hydrogens (tertiary/aromatic N) is 2. The van der Waals surface area contributed by atoms with Crippen molar-refractivity contribution in [1.82, 2.24) is 9.38 Å². The fraction of sp³-hybridized carbons (Fsp3) is 0.111. The van der Waals surface area contributed by atoms with Crippen LogP contribution >= 0.6 is 11.3 Å². The number of aromatic nitrogens is 2. The second-order valence-electron chi connectivity index (χ2n) is 5.48. The molecule has 0 bridgehead atoms. The minimum atomic E-state index is -0.227. The van der Waals surface area contributed by atoms with Gasteiger partial charge in [-0.3, -0.25) is 4.79 Å². The predicted molar refractivity (Wildman–Crippen MR) is 96.6 cm³/mol. The van der Waals surface area contributed by atoms with Gasteiger partial charge in [0.25, 0.3) is 5.56 Å². The number of phenols is 2. The van der Waals surface area contributed by atoms with Gasteiger partial charge in [-0.25, -0.2) is 9.38 Å². The molecule has 2 aromatic heterocycles. The van der Waals surface area contributed by atoms with Crippen molar-refractivity contribution < 1.29 is 14.9 Å². The van der Waals surface area contributed by atoms with Crippen LogP contribution in [-0.2, 0) is 0 Å².